The van der Waals surface area contributed by atoms with E-state index < -0.39 is 6.17 Å². The zero-order valence-corrected chi connectivity index (χ0v) is 23.3. The molecule has 39 heavy (non-hydrogen) atoms. The number of fused-ring (bicyclic) bond motifs is 5. The lowest BCUT2D eigenvalue weighted by atomic mass is 9.80. The van der Waals surface area contributed by atoms with E-state index in [-0.39, 0.29) is 18.4 Å². The highest BCUT2D eigenvalue weighted by Gasteiger charge is 2.34. The van der Waals surface area contributed by atoms with Gasteiger partial charge in [-0.05, 0) is 60.4 Å². The van der Waals surface area contributed by atoms with Gasteiger partial charge in [0.1, 0.15) is 6.17 Å². The van der Waals surface area contributed by atoms with Gasteiger partial charge >= 0.3 is 5.97 Å². The first-order valence-electron chi connectivity index (χ1n) is 14.5. The van der Waals surface area contributed by atoms with Crippen LogP contribution in [0.2, 0.25) is 0 Å². The Labute approximate surface area is 231 Å². The number of ether oxygens (including phenoxy) is 1. The lowest BCUT2D eigenvalue weighted by Gasteiger charge is -2.24. The Balaban J connectivity index is 0.00000151. The molecule has 6 rings (SSSR count). The first kappa shape index (κ1) is 27.2. The molecule has 0 N–H and O–H groups in total. The maximum Gasteiger partial charge on any atom is 0.337 e. The molecule has 5 nitrogen and oxygen atoms in total. The Morgan fingerprint density at radius 3 is 2.51 bits per heavy atom. The molecule has 2 aliphatic heterocycles. The normalized spacial score (nSPS) is 20.3. The van der Waals surface area contributed by atoms with Gasteiger partial charge in [-0.1, -0.05) is 69.5 Å². The number of esters is 1. The highest BCUT2D eigenvalue weighted by molar-refractivity contribution is 6.01. The average molecular weight is 531 g/mol. The van der Waals surface area contributed by atoms with E-state index in [1.807, 2.05) is 38.1 Å². The summed E-state index contributed by atoms with van der Waals surface area (Å²) in [6.45, 7) is 4.98. The quantitative estimate of drug-likeness (QED) is 0.407. The van der Waals surface area contributed by atoms with E-state index in [1.165, 1.54) is 37.5 Å². The molecule has 1 saturated carbocycles. The molecular weight excluding hydrogens is 491 g/mol. The monoisotopic (exact) mass is 530 g/mol. The topological polar surface area (TPSA) is 51.5 Å². The molecule has 0 spiro atoms. The molecule has 1 aromatic carbocycles. The third-order valence-electron chi connectivity index (χ3n) is 8.36. The number of halogens is 1. The van der Waals surface area contributed by atoms with Gasteiger partial charge in [0.2, 0.25) is 0 Å². The first-order valence-corrected chi connectivity index (χ1v) is 14.5. The van der Waals surface area contributed by atoms with E-state index in [4.69, 9.17) is 4.74 Å². The zero-order chi connectivity index (χ0) is 27.5. The number of carbonyl (C=O) groups is 2. The van der Waals surface area contributed by atoms with Crippen LogP contribution in [0, 0.1) is 0 Å². The maximum atomic E-state index is 14.0. The molecule has 2 fully saturated rings. The van der Waals surface area contributed by atoms with Crippen molar-refractivity contribution in [2.45, 2.75) is 77.4 Å². The molecule has 2 aromatic rings. The summed E-state index contributed by atoms with van der Waals surface area (Å²) in [7, 11) is 1.40. The smallest absolute Gasteiger partial charge is 0.337 e. The highest BCUT2D eigenvalue weighted by atomic mass is 19.1. The molecule has 1 saturated heterocycles. The lowest BCUT2D eigenvalue weighted by Crippen LogP contribution is -2.31. The first-order chi connectivity index (χ1) is 19.0. The Hall–Kier alpha value is -3.41. The number of rotatable bonds is 3. The summed E-state index contributed by atoms with van der Waals surface area (Å²) < 4.78 is 21.3. The van der Waals surface area contributed by atoms with E-state index in [0.29, 0.717) is 36.6 Å². The number of hydrogen-bond acceptors (Lipinski definition) is 3. The van der Waals surface area contributed by atoms with Gasteiger partial charge in [0.25, 0.3) is 5.91 Å². The Kier molecular flexibility index (Phi) is 8.20. The fourth-order valence-electron chi connectivity index (χ4n) is 6.60. The van der Waals surface area contributed by atoms with E-state index in [0.717, 1.165) is 41.8 Å². The van der Waals surface area contributed by atoms with Crippen molar-refractivity contribution in [1.82, 2.24) is 9.47 Å². The second kappa shape index (κ2) is 11.8. The van der Waals surface area contributed by atoms with Crippen molar-refractivity contribution >= 4 is 24.0 Å². The summed E-state index contributed by atoms with van der Waals surface area (Å²) in [5.41, 5.74) is 8.02. The average Bonchev–Trinajstić information content (AvgIpc) is 3.38. The Bertz CT molecular complexity index is 1340. The Morgan fingerprint density at radius 1 is 1.03 bits per heavy atom. The molecule has 2 aliphatic carbocycles. The molecule has 4 aliphatic rings. The van der Waals surface area contributed by atoms with Gasteiger partial charge in [-0.25, -0.2) is 9.18 Å². The summed E-state index contributed by atoms with van der Waals surface area (Å²) in [4.78, 5) is 27.9. The second-order valence-electron chi connectivity index (χ2n) is 10.6. The number of hydrogen-bond donors (Lipinski definition) is 0. The number of nitrogens with zero attached hydrogens (tertiary/aromatic N) is 2. The van der Waals surface area contributed by atoms with Crippen molar-refractivity contribution in [3.05, 3.63) is 69.9 Å². The summed E-state index contributed by atoms with van der Waals surface area (Å²) >= 11 is 0. The Morgan fingerprint density at radius 2 is 1.79 bits per heavy atom. The van der Waals surface area contributed by atoms with Crippen LogP contribution in [-0.4, -0.2) is 47.7 Å². The highest BCUT2D eigenvalue weighted by Crippen LogP contribution is 2.46. The van der Waals surface area contributed by atoms with Gasteiger partial charge in [-0.3, -0.25) is 4.79 Å². The van der Waals surface area contributed by atoms with E-state index in [2.05, 4.69) is 28.8 Å². The van der Waals surface area contributed by atoms with Crippen molar-refractivity contribution in [3.8, 4) is 11.3 Å². The van der Waals surface area contributed by atoms with Gasteiger partial charge < -0.3 is 14.2 Å². The predicted octanol–water partition coefficient (Wildman–Crippen LogP) is 6.87. The van der Waals surface area contributed by atoms with Gasteiger partial charge in [-0.2, -0.15) is 0 Å². The second-order valence-corrected chi connectivity index (χ2v) is 10.6. The number of carbonyl (C=O) groups excluding carboxylic acids is 2. The van der Waals surface area contributed by atoms with E-state index in [9.17, 15) is 14.0 Å². The molecule has 0 unspecified atom stereocenters. The SMILES string of the molecule is CC.COC(=O)C1=Cc2c(c(C3CCCCC3)c3n2CC(C(=O)N2CC[C@H](F)C2)=Cc2ccccc2-3)CC=C1. The third-order valence-corrected chi connectivity index (χ3v) is 8.36. The minimum atomic E-state index is -0.962. The summed E-state index contributed by atoms with van der Waals surface area (Å²) in [6, 6.07) is 8.27. The van der Waals surface area contributed by atoms with Crippen LogP contribution < -0.4 is 0 Å². The molecular formula is C33H39FN2O3. The van der Waals surface area contributed by atoms with Crippen molar-refractivity contribution in [1.29, 1.82) is 0 Å². The molecule has 3 heterocycles. The molecule has 6 heteroatoms. The van der Waals surface area contributed by atoms with Crippen molar-refractivity contribution in [2.75, 3.05) is 20.2 Å². The van der Waals surface area contributed by atoms with Crippen molar-refractivity contribution in [2.24, 2.45) is 0 Å². The number of aromatic nitrogens is 1. The van der Waals surface area contributed by atoms with Crippen LogP contribution in [0.5, 0.6) is 0 Å². The van der Waals surface area contributed by atoms with Gasteiger partial charge in [-0.15, -0.1) is 0 Å². The van der Waals surface area contributed by atoms with Crippen LogP contribution in [-0.2, 0) is 27.3 Å². The largest absolute Gasteiger partial charge is 0.465 e. The van der Waals surface area contributed by atoms with Gasteiger partial charge in [0.05, 0.1) is 31.5 Å². The van der Waals surface area contributed by atoms with Gasteiger partial charge in [0.15, 0.2) is 0 Å². The molecule has 1 aromatic heterocycles. The summed E-state index contributed by atoms with van der Waals surface area (Å²) in [6.07, 6.45) is 14.0. The maximum absolute atomic E-state index is 14.0. The van der Waals surface area contributed by atoms with Crippen LogP contribution in [0.15, 0.2) is 47.6 Å². The molecule has 1 amide bonds. The lowest BCUT2D eigenvalue weighted by molar-refractivity contribution is -0.135. The number of allylic oxidation sites excluding steroid dienone is 1. The van der Waals surface area contributed by atoms with Crippen LogP contribution in [0.25, 0.3) is 23.4 Å². The standard InChI is InChI=1S/C31H33FN2O3.C2H6/c1-37-31(36)22-11-7-13-26-27(17-22)34-18-23(30(35)33-15-14-24(32)19-33)16-21-10-5-6-12-25(21)29(34)28(26)20-8-3-2-4-9-20;1-2/h5-7,10-12,16-17,20,24H,2-4,8-9,13-15,18-19H2,1H3;1-2H3/t24-;/m0./s1. The fraction of sp³-hybridized carbons (Fsp3) is 0.455. The molecule has 1 atom stereocenters. The number of methoxy groups -OCH3 is 1. The minimum Gasteiger partial charge on any atom is -0.465 e. The molecule has 206 valence electrons. The zero-order valence-electron chi connectivity index (χ0n) is 23.3. The third kappa shape index (κ3) is 5.13. The fourth-order valence-corrected chi connectivity index (χ4v) is 6.60. The number of likely N-dealkylation sites (tertiary alicyclic amines) is 1. The van der Waals surface area contributed by atoms with Crippen LogP contribution in [0.1, 0.15) is 80.7 Å². The minimum absolute atomic E-state index is 0.103. The van der Waals surface area contributed by atoms with Crippen LogP contribution in [0.3, 0.4) is 0 Å². The molecule has 0 radical (unpaired) electrons. The summed E-state index contributed by atoms with van der Waals surface area (Å²) in [5.74, 6) is -0.0319. The van der Waals surface area contributed by atoms with E-state index in [1.54, 1.807) is 4.90 Å². The van der Waals surface area contributed by atoms with Crippen LogP contribution in [0.4, 0.5) is 4.39 Å². The number of amides is 1. The number of alkyl halides is 1. The van der Waals surface area contributed by atoms with Crippen molar-refractivity contribution < 1.29 is 18.7 Å². The van der Waals surface area contributed by atoms with Crippen LogP contribution >= 0.6 is 0 Å². The summed E-state index contributed by atoms with van der Waals surface area (Å²) in [5, 5.41) is 0. The number of benzene rings is 1. The van der Waals surface area contributed by atoms with E-state index >= 15 is 0 Å². The predicted molar refractivity (Wildman–Crippen MR) is 154 cm³/mol. The van der Waals surface area contributed by atoms with Crippen molar-refractivity contribution in [3.63, 3.8) is 0 Å². The van der Waals surface area contributed by atoms with Gasteiger partial charge in [0, 0.05) is 23.4 Å². The molecule has 0 bridgehead atoms.